The van der Waals surface area contributed by atoms with Crippen molar-refractivity contribution in [1.82, 2.24) is 0 Å². The van der Waals surface area contributed by atoms with Gasteiger partial charge in [0, 0.05) is 29.9 Å². The molecule has 0 aliphatic rings. The van der Waals surface area contributed by atoms with Gasteiger partial charge in [-0.25, -0.2) is 0 Å². The Morgan fingerprint density at radius 3 is 2.82 bits per heavy atom. The minimum atomic E-state index is 0.136. The Bertz CT molecular complexity index is 494. The van der Waals surface area contributed by atoms with Crippen molar-refractivity contribution in [2.75, 3.05) is 24.7 Å². The summed E-state index contributed by atoms with van der Waals surface area (Å²) in [5, 5.41) is 14.4. The summed E-state index contributed by atoms with van der Waals surface area (Å²) in [6, 6.07) is 7.96. The number of anilines is 2. The van der Waals surface area contributed by atoms with Crippen LogP contribution in [0.25, 0.3) is 10.4 Å². The fourth-order valence-corrected chi connectivity index (χ4v) is 2.72. The Morgan fingerprint density at radius 1 is 1.41 bits per heavy atom. The zero-order chi connectivity index (χ0) is 12.3. The van der Waals surface area contributed by atoms with Crippen molar-refractivity contribution in [1.29, 1.82) is 0 Å². The largest absolute Gasteiger partial charge is 0.399 e. The third kappa shape index (κ3) is 2.43. The van der Waals surface area contributed by atoms with Gasteiger partial charge in [0.2, 0.25) is 0 Å². The van der Waals surface area contributed by atoms with Gasteiger partial charge in [-0.15, -0.1) is 11.3 Å². The number of hydrogen-bond acceptors (Lipinski definition) is 4. The lowest BCUT2D eigenvalue weighted by atomic mass is 10.00. The number of nitrogens with two attached hydrogens (primary N) is 1. The summed E-state index contributed by atoms with van der Waals surface area (Å²) in [4.78, 5) is 1.18. The van der Waals surface area contributed by atoms with Crippen LogP contribution in [-0.2, 0) is 6.42 Å². The molecule has 2 aromatic rings. The number of nitrogen functional groups attached to an aromatic ring is 1. The van der Waals surface area contributed by atoms with E-state index < -0.39 is 0 Å². The maximum Gasteiger partial charge on any atom is 0.0472 e. The maximum atomic E-state index is 9.18. The van der Waals surface area contributed by atoms with Crippen molar-refractivity contribution >= 4 is 22.7 Å². The Balaban J connectivity index is 2.59. The van der Waals surface area contributed by atoms with Crippen molar-refractivity contribution in [2.45, 2.75) is 6.42 Å². The van der Waals surface area contributed by atoms with Crippen LogP contribution in [0.2, 0.25) is 0 Å². The molecule has 3 nitrogen and oxygen atoms in total. The van der Waals surface area contributed by atoms with Crippen molar-refractivity contribution in [2.24, 2.45) is 0 Å². The Labute approximate surface area is 105 Å². The highest BCUT2D eigenvalue weighted by Crippen LogP contribution is 2.34. The number of nitrogens with one attached hydrogen (secondary N) is 1. The standard InChI is InChI=1S/C13H16N2OS/c1-15-12-8-9(14)7-11(10(12)4-5-16)13-3-2-6-17-13/h2-3,6-8,15-16H,4-5,14H2,1H3. The summed E-state index contributed by atoms with van der Waals surface area (Å²) in [5.74, 6) is 0. The predicted molar refractivity (Wildman–Crippen MR) is 74.5 cm³/mol. The molecule has 0 spiro atoms. The van der Waals surface area contributed by atoms with Crippen LogP contribution in [-0.4, -0.2) is 18.8 Å². The third-order valence-corrected chi connectivity index (χ3v) is 3.59. The minimum Gasteiger partial charge on any atom is -0.399 e. The maximum absolute atomic E-state index is 9.18. The molecule has 17 heavy (non-hydrogen) atoms. The molecule has 90 valence electrons. The van der Waals surface area contributed by atoms with Gasteiger partial charge in [-0.2, -0.15) is 0 Å². The first-order chi connectivity index (χ1) is 8.26. The molecule has 0 fully saturated rings. The van der Waals surface area contributed by atoms with E-state index in [-0.39, 0.29) is 6.61 Å². The lowest BCUT2D eigenvalue weighted by Gasteiger charge is -2.14. The topological polar surface area (TPSA) is 58.3 Å². The highest BCUT2D eigenvalue weighted by Gasteiger charge is 2.11. The van der Waals surface area contributed by atoms with Gasteiger partial charge in [0.1, 0.15) is 0 Å². The van der Waals surface area contributed by atoms with Crippen LogP contribution < -0.4 is 11.1 Å². The van der Waals surface area contributed by atoms with Crippen LogP contribution in [0.15, 0.2) is 29.6 Å². The molecule has 4 heteroatoms. The molecule has 0 bridgehead atoms. The highest BCUT2D eigenvalue weighted by molar-refractivity contribution is 7.13. The fraction of sp³-hybridized carbons (Fsp3) is 0.231. The Kier molecular flexibility index (Phi) is 3.66. The van der Waals surface area contributed by atoms with Crippen molar-refractivity contribution in [3.05, 3.63) is 35.2 Å². The van der Waals surface area contributed by atoms with Gasteiger partial charge >= 0.3 is 0 Å². The number of thiophene rings is 1. The average Bonchev–Trinajstić information content (AvgIpc) is 2.84. The lowest BCUT2D eigenvalue weighted by Crippen LogP contribution is -2.02. The van der Waals surface area contributed by atoms with Gasteiger partial charge in [0.05, 0.1) is 0 Å². The van der Waals surface area contributed by atoms with Crippen LogP contribution >= 0.6 is 11.3 Å². The molecule has 0 saturated heterocycles. The van der Waals surface area contributed by atoms with E-state index >= 15 is 0 Å². The first kappa shape index (κ1) is 12.0. The SMILES string of the molecule is CNc1cc(N)cc(-c2cccs2)c1CCO. The van der Waals surface area contributed by atoms with Crippen molar-refractivity contribution in [3.8, 4) is 10.4 Å². The van der Waals surface area contributed by atoms with Gasteiger partial charge in [0.15, 0.2) is 0 Å². The molecule has 0 aliphatic heterocycles. The molecular weight excluding hydrogens is 232 g/mol. The number of aliphatic hydroxyl groups is 1. The van der Waals surface area contributed by atoms with Crippen molar-refractivity contribution < 1.29 is 5.11 Å². The second-order valence-electron chi connectivity index (χ2n) is 3.80. The second kappa shape index (κ2) is 5.21. The van der Waals surface area contributed by atoms with Crippen LogP contribution in [0.5, 0.6) is 0 Å². The predicted octanol–water partition coefficient (Wildman–Crippen LogP) is 2.57. The first-order valence-electron chi connectivity index (χ1n) is 5.51. The van der Waals surface area contributed by atoms with E-state index in [0.29, 0.717) is 6.42 Å². The van der Waals surface area contributed by atoms with Crippen LogP contribution in [0, 0.1) is 0 Å². The number of benzene rings is 1. The molecule has 0 atom stereocenters. The molecule has 2 rings (SSSR count). The quantitative estimate of drug-likeness (QED) is 0.729. The molecule has 4 N–H and O–H groups in total. The van der Waals surface area contributed by atoms with E-state index in [0.717, 1.165) is 22.5 Å². The summed E-state index contributed by atoms with van der Waals surface area (Å²) in [5.41, 5.74) is 9.86. The lowest BCUT2D eigenvalue weighted by molar-refractivity contribution is 0.300. The minimum absolute atomic E-state index is 0.136. The fourth-order valence-electron chi connectivity index (χ4n) is 1.95. The zero-order valence-electron chi connectivity index (χ0n) is 9.73. The van der Waals surface area contributed by atoms with E-state index in [1.807, 2.05) is 30.6 Å². The van der Waals surface area contributed by atoms with Crippen LogP contribution in [0.1, 0.15) is 5.56 Å². The molecule has 1 heterocycles. The molecule has 0 saturated carbocycles. The van der Waals surface area contributed by atoms with E-state index in [4.69, 9.17) is 5.73 Å². The molecule has 0 unspecified atom stereocenters. The number of hydrogen-bond donors (Lipinski definition) is 3. The third-order valence-electron chi connectivity index (χ3n) is 2.69. The summed E-state index contributed by atoms with van der Waals surface area (Å²) in [7, 11) is 1.87. The summed E-state index contributed by atoms with van der Waals surface area (Å²) >= 11 is 1.68. The second-order valence-corrected chi connectivity index (χ2v) is 4.74. The zero-order valence-corrected chi connectivity index (χ0v) is 10.6. The van der Waals surface area contributed by atoms with Gasteiger partial charge in [-0.1, -0.05) is 6.07 Å². The summed E-state index contributed by atoms with van der Waals surface area (Å²) in [6.45, 7) is 0.136. The van der Waals surface area contributed by atoms with E-state index in [9.17, 15) is 5.11 Å². The molecule has 0 amide bonds. The monoisotopic (exact) mass is 248 g/mol. The average molecular weight is 248 g/mol. The van der Waals surface area contributed by atoms with Crippen LogP contribution in [0.4, 0.5) is 11.4 Å². The molecule has 1 aromatic heterocycles. The Morgan fingerprint density at radius 2 is 2.24 bits per heavy atom. The van der Waals surface area contributed by atoms with E-state index in [1.54, 1.807) is 11.3 Å². The molecular formula is C13H16N2OS. The summed E-state index contributed by atoms with van der Waals surface area (Å²) < 4.78 is 0. The van der Waals surface area contributed by atoms with E-state index in [1.165, 1.54) is 4.88 Å². The molecule has 0 radical (unpaired) electrons. The molecule has 1 aromatic carbocycles. The normalized spacial score (nSPS) is 10.5. The Hall–Kier alpha value is -1.52. The van der Waals surface area contributed by atoms with Gasteiger partial charge in [-0.05, 0) is 41.1 Å². The molecule has 0 aliphatic carbocycles. The van der Waals surface area contributed by atoms with Crippen molar-refractivity contribution in [3.63, 3.8) is 0 Å². The van der Waals surface area contributed by atoms with Gasteiger partial charge < -0.3 is 16.2 Å². The van der Waals surface area contributed by atoms with Gasteiger partial charge in [0.25, 0.3) is 0 Å². The smallest absolute Gasteiger partial charge is 0.0472 e. The number of aliphatic hydroxyl groups excluding tert-OH is 1. The van der Waals surface area contributed by atoms with Gasteiger partial charge in [-0.3, -0.25) is 0 Å². The first-order valence-corrected chi connectivity index (χ1v) is 6.39. The summed E-state index contributed by atoms with van der Waals surface area (Å²) in [6.07, 6.45) is 0.629. The van der Waals surface area contributed by atoms with E-state index in [2.05, 4.69) is 11.4 Å². The highest BCUT2D eigenvalue weighted by atomic mass is 32.1. The van der Waals surface area contributed by atoms with Crippen LogP contribution in [0.3, 0.4) is 0 Å². The number of rotatable bonds is 4.